The van der Waals surface area contributed by atoms with Gasteiger partial charge in [-0.05, 0) is 19.3 Å². The average molecular weight is 200 g/mol. The van der Waals surface area contributed by atoms with Crippen LogP contribution in [0.5, 0.6) is 0 Å². The van der Waals surface area contributed by atoms with Crippen molar-refractivity contribution in [2.45, 2.75) is 32.2 Å². The zero-order chi connectivity index (χ0) is 10.4. The summed E-state index contributed by atoms with van der Waals surface area (Å²) in [6.07, 6.45) is 2.81. The van der Waals surface area contributed by atoms with E-state index >= 15 is 0 Å². The summed E-state index contributed by atoms with van der Waals surface area (Å²) in [7, 11) is 0. The van der Waals surface area contributed by atoms with Crippen molar-refractivity contribution in [3.8, 4) is 0 Å². The van der Waals surface area contributed by atoms with E-state index in [0.717, 1.165) is 25.9 Å². The van der Waals surface area contributed by atoms with Crippen LogP contribution < -0.4 is 11.1 Å². The number of nitrogens with two attached hydrogens (primary N) is 1. The van der Waals surface area contributed by atoms with Crippen LogP contribution in [0.2, 0.25) is 0 Å². The third-order valence-corrected chi connectivity index (χ3v) is 2.59. The maximum absolute atomic E-state index is 11.6. The number of nitrogens with one attached hydrogen (secondary N) is 1. The van der Waals surface area contributed by atoms with E-state index in [9.17, 15) is 4.79 Å². The predicted molar refractivity (Wildman–Crippen MR) is 54.8 cm³/mol. The Bertz CT molecular complexity index is 179. The molecule has 14 heavy (non-hydrogen) atoms. The van der Waals surface area contributed by atoms with Crippen molar-refractivity contribution in [2.24, 2.45) is 11.7 Å². The number of amides is 1. The summed E-state index contributed by atoms with van der Waals surface area (Å²) < 4.78 is 5.24. The van der Waals surface area contributed by atoms with Gasteiger partial charge in [-0.1, -0.05) is 6.92 Å². The highest BCUT2D eigenvalue weighted by Crippen LogP contribution is 2.13. The van der Waals surface area contributed by atoms with Crippen LogP contribution in [0.15, 0.2) is 0 Å². The molecule has 4 heteroatoms. The maximum atomic E-state index is 11.6. The molecule has 3 N–H and O–H groups in total. The molecule has 1 amide bonds. The lowest BCUT2D eigenvalue weighted by molar-refractivity contribution is -0.129. The van der Waals surface area contributed by atoms with Gasteiger partial charge in [-0.2, -0.15) is 0 Å². The highest BCUT2D eigenvalue weighted by atomic mass is 16.5. The maximum Gasteiger partial charge on any atom is 0.225 e. The molecule has 1 heterocycles. The molecule has 0 saturated carbocycles. The molecule has 0 spiro atoms. The smallest absolute Gasteiger partial charge is 0.225 e. The fraction of sp³-hybridized carbons (Fsp3) is 0.900. The lowest BCUT2D eigenvalue weighted by Crippen LogP contribution is -2.41. The second-order valence-corrected chi connectivity index (χ2v) is 3.83. The van der Waals surface area contributed by atoms with Gasteiger partial charge in [-0.15, -0.1) is 0 Å². The molecule has 2 unspecified atom stereocenters. The number of hydrogen-bond acceptors (Lipinski definition) is 3. The van der Waals surface area contributed by atoms with Crippen LogP contribution in [0.3, 0.4) is 0 Å². The number of rotatable bonds is 4. The van der Waals surface area contributed by atoms with E-state index in [2.05, 4.69) is 5.32 Å². The standard InChI is InChI=1S/C10H20N2O2/c1-2-9(11)6-12-10(13)8-4-3-5-14-7-8/h8-9H,2-7,11H2,1H3,(H,12,13). The molecule has 0 aliphatic carbocycles. The van der Waals surface area contributed by atoms with E-state index in [1.54, 1.807) is 0 Å². The third kappa shape index (κ3) is 3.64. The molecule has 1 aliphatic heterocycles. The number of ether oxygens (including phenoxy) is 1. The second kappa shape index (κ2) is 5.98. The van der Waals surface area contributed by atoms with Crippen molar-refractivity contribution in [3.05, 3.63) is 0 Å². The number of carbonyl (C=O) groups excluding carboxylic acids is 1. The molecule has 82 valence electrons. The first-order valence-corrected chi connectivity index (χ1v) is 5.35. The van der Waals surface area contributed by atoms with Gasteiger partial charge in [0.25, 0.3) is 0 Å². The fourth-order valence-electron chi connectivity index (χ4n) is 1.47. The monoisotopic (exact) mass is 200 g/mol. The summed E-state index contributed by atoms with van der Waals surface area (Å²) in [4.78, 5) is 11.6. The van der Waals surface area contributed by atoms with Gasteiger partial charge in [0.15, 0.2) is 0 Å². The molecule has 0 aromatic carbocycles. The molecule has 4 nitrogen and oxygen atoms in total. The minimum atomic E-state index is 0.0350. The van der Waals surface area contributed by atoms with Gasteiger partial charge in [0.05, 0.1) is 12.5 Å². The molecule has 0 bridgehead atoms. The van der Waals surface area contributed by atoms with E-state index < -0.39 is 0 Å². The summed E-state index contributed by atoms with van der Waals surface area (Å²) in [5.74, 6) is 0.126. The van der Waals surface area contributed by atoms with Gasteiger partial charge in [-0.25, -0.2) is 0 Å². The zero-order valence-corrected chi connectivity index (χ0v) is 8.79. The average Bonchev–Trinajstić information content (AvgIpc) is 2.26. The van der Waals surface area contributed by atoms with Crippen molar-refractivity contribution < 1.29 is 9.53 Å². The topological polar surface area (TPSA) is 64.3 Å². The zero-order valence-electron chi connectivity index (χ0n) is 8.79. The summed E-state index contributed by atoms with van der Waals surface area (Å²) >= 11 is 0. The van der Waals surface area contributed by atoms with E-state index in [0.29, 0.717) is 13.2 Å². The van der Waals surface area contributed by atoms with Crippen molar-refractivity contribution in [3.63, 3.8) is 0 Å². The molecular weight excluding hydrogens is 180 g/mol. The van der Waals surface area contributed by atoms with E-state index in [1.165, 1.54) is 0 Å². The van der Waals surface area contributed by atoms with Crippen molar-refractivity contribution >= 4 is 5.91 Å². The van der Waals surface area contributed by atoms with E-state index in [-0.39, 0.29) is 17.9 Å². The predicted octanol–water partition coefficient (Wildman–Crippen LogP) is 0.267. The lowest BCUT2D eigenvalue weighted by Gasteiger charge is -2.22. The van der Waals surface area contributed by atoms with Crippen LogP contribution >= 0.6 is 0 Å². The lowest BCUT2D eigenvalue weighted by atomic mass is 10.0. The molecule has 1 aliphatic rings. The molecule has 1 saturated heterocycles. The minimum Gasteiger partial charge on any atom is -0.381 e. The van der Waals surface area contributed by atoms with Gasteiger partial charge in [0.1, 0.15) is 0 Å². The van der Waals surface area contributed by atoms with Crippen LogP contribution in [0.4, 0.5) is 0 Å². The normalized spacial score (nSPS) is 24.3. The fourth-order valence-corrected chi connectivity index (χ4v) is 1.47. The molecule has 1 fully saturated rings. The first-order valence-electron chi connectivity index (χ1n) is 5.35. The third-order valence-electron chi connectivity index (χ3n) is 2.59. The van der Waals surface area contributed by atoms with Crippen LogP contribution in [0.1, 0.15) is 26.2 Å². The van der Waals surface area contributed by atoms with Crippen LogP contribution in [-0.4, -0.2) is 31.7 Å². The van der Waals surface area contributed by atoms with E-state index in [4.69, 9.17) is 10.5 Å². The summed E-state index contributed by atoms with van der Waals surface area (Å²) in [6, 6.07) is 0.0726. The van der Waals surface area contributed by atoms with Gasteiger partial charge in [0.2, 0.25) is 5.91 Å². The van der Waals surface area contributed by atoms with Crippen molar-refractivity contribution in [2.75, 3.05) is 19.8 Å². The Labute approximate surface area is 85.2 Å². The minimum absolute atomic E-state index is 0.0350. The van der Waals surface area contributed by atoms with Gasteiger partial charge in [-0.3, -0.25) is 4.79 Å². The Morgan fingerprint density at radius 2 is 2.50 bits per heavy atom. The van der Waals surface area contributed by atoms with Crippen molar-refractivity contribution in [1.29, 1.82) is 0 Å². The Hall–Kier alpha value is -0.610. The van der Waals surface area contributed by atoms with Crippen molar-refractivity contribution in [1.82, 2.24) is 5.32 Å². The molecule has 2 atom stereocenters. The number of hydrogen-bond donors (Lipinski definition) is 2. The van der Waals surface area contributed by atoms with E-state index in [1.807, 2.05) is 6.92 Å². The quantitative estimate of drug-likeness (QED) is 0.684. The molecular formula is C10H20N2O2. The molecule has 0 aromatic rings. The first-order chi connectivity index (χ1) is 6.74. The molecule has 1 rings (SSSR count). The summed E-state index contributed by atoms with van der Waals surface area (Å²) in [6.45, 7) is 3.94. The highest BCUT2D eigenvalue weighted by molar-refractivity contribution is 5.78. The van der Waals surface area contributed by atoms with Gasteiger partial charge < -0.3 is 15.8 Å². The summed E-state index contributed by atoms with van der Waals surface area (Å²) in [5.41, 5.74) is 5.70. The second-order valence-electron chi connectivity index (χ2n) is 3.83. The Balaban J connectivity index is 2.19. The van der Waals surface area contributed by atoms with Crippen LogP contribution in [0.25, 0.3) is 0 Å². The SMILES string of the molecule is CCC(N)CNC(=O)C1CCCOC1. The largest absolute Gasteiger partial charge is 0.381 e. The highest BCUT2D eigenvalue weighted by Gasteiger charge is 2.21. The number of carbonyl (C=O) groups is 1. The van der Waals surface area contributed by atoms with Crippen LogP contribution in [0, 0.1) is 5.92 Å². The van der Waals surface area contributed by atoms with Gasteiger partial charge >= 0.3 is 0 Å². The molecule has 0 aromatic heterocycles. The molecule has 0 radical (unpaired) electrons. The Morgan fingerprint density at radius 1 is 1.71 bits per heavy atom. The Kier molecular flexibility index (Phi) is 4.90. The Morgan fingerprint density at radius 3 is 3.07 bits per heavy atom. The first kappa shape index (κ1) is 11.5. The summed E-state index contributed by atoms with van der Waals surface area (Å²) in [5, 5.41) is 2.86. The van der Waals surface area contributed by atoms with Crippen LogP contribution in [-0.2, 0) is 9.53 Å². The van der Waals surface area contributed by atoms with Gasteiger partial charge in [0, 0.05) is 19.2 Å².